The van der Waals surface area contributed by atoms with Gasteiger partial charge in [0, 0.05) is 37.8 Å². The zero-order valence-electron chi connectivity index (χ0n) is 20.3. The van der Waals surface area contributed by atoms with Crippen molar-refractivity contribution in [1.29, 1.82) is 0 Å². The summed E-state index contributed by atoms with van der Waals surface area (Å²) in [5.74, 6) is 2.06. The minimum atomic E-state index is 0.312. The Morgan fingerprint density at radius 2 is 1.61 bits per heavy atom. The van der Waals surface area contributed by atoms with Gasteiger partial charge in [0.2, 0.25) is 0 Å². The second-order valence-electron chi connectivity index (χ2n) is 10.6. The van der Waals surface area contributed by atoms with Gasteiger partial charge in [-0.25, -0.2) is 14.6 Å². The number of para-hydroxylation sites is 1. The Bertz CT molecular complexity index is 1360. The number of aromatic nitrogens is 4. The van der Waals surface area contributed by atoms with E-state index in [1.54, 1.807) is 6.33 Å². The van der Waals surface area contributed by atoms with E-state index in [9.17, 15) is 0 Å². The van der Waals surface area contributed by atoms with Gasteiger partial charge < -0.3 is 20.7 Å². The van der Waals surface area contributed by atoms with E-state index < -0.39 is 0 Å². The number of rotatable bonds is 5. The van der Waals surface area contributed by atoms with Gasteiger partial charge in [0.1, 0.15) is 29.3 Å². The monoisotopic (exact) mass is 481 g/mol. The molecular formula is C28H31N7O. The molecule has 3 fully saturated rings. The summed E-state index contributed by atoms with van der Waals surface area (Å²) < 4.78 is 8.07. The zero-order chi connectivity index (χ0) is 24.1. The van der Waals surface area contributed by atoms with Gasteiger partial charge in [-0.2, -0.15) is 5.10 Å². The molecule has 0 atom stereocenters. The van der Waals surface area contributed by atoms with Crippen LogP contribution in [-0.4, -0.2) is 56.9 Å². The molecule has 0 bridgehead atoms. The van der Waals surface area contributed by atoms with Crippen LogP contribution in [0.15, 0.2) is 60.9 Å². The van der Waals surface area contributed by atoms with E-state index >= 15 is 0 Å². The van der Waals surface area contributed by atoms with Crippen molar-refractivity contribution in [3.8, 4) is 22.8 Å². The van der Waals surface area contributed by atoms with Crippen molar-refractivity contribution >= 4 is 16.9 Å². The van der Waals surface area contributed by atoms with E-state index in [2.05, 4.69) is 24.9 Å². The van der Waals surface area contributed by atoms with E-state index in [0.717, 1.165) is 65.8 Å². The van der Waals surface area contributed by atoms with Gasteiger partial charge >= 0.3 is 0 Å². The number of hydrogen-bond donors (Lipinski definition) is 2. The van der Waals surface area contributed by atoms with Crippen molar-refractivity contribution in [3.63, 3.8) is 0 Å². The minimum absolute atomic E-state index is 0.312. The third kappa shape index (κ3) is 3.72. The SMILES string of the molecule is Nc1ncnc2c1c(-c1ccc(Oc3ccccc3)cc1)nn2C1CCN(C2CC3(CNC3)C2)CC1. The normalized spacial score (nSPS) is 20.3. The Morgan fingerprint density at radius 3 is 2.31 bits per heavy atom. The van der Waals surface area contributed by atoms with Crippen molar-refractivity contribution in [3.05, 3.63) is 60.9 Å². The lowest BCUT2D eigenvalue weighted by atomic mass is 9.61. The fraction of sp³-hybridized carbons (Fsp3) is 0.393. The maximum Gasteiger partial charge on any atom is 0.164 e. The van der Waals surface area contributed by atoms with Crippen LogP contribution in [0.2, 0.25) is 0 Å². The fourth-order valence-corrected chi connectivity index (χ4v) is 6.22. The number of anilines is 1. The first-order chi connectivity index (χ1) is 17.7. The van der Waals surface area contributed by atoms with E-state index in [4.69, 9.17) is 15.6 Å². The number of hydrogen-bond acceptors (Lipinski definition) is 7. The van der Waals surface area contributed by atoms with Crippen LogP contribution in [0.25, 0.3) is 22.3 Å². The van der Waals surface area contributed by atoms with Gasteiger partial charge in [0.05, 0.1) is 11.4 Å². The molecule has 1 saturated carbocycles. The van der Waals surface area contributed by atoms with Crippen LogP contribution in [0.3, 0.4) is 0 Å². The first-order valence-electron chi connectivity index (χ1n) is 12.9. The van der Waals surface area contributed by atoms with Crippen LogP contribution in [0.4, 0.5) is 5.82 Å². The van der Waals surface area contributed by atoms with Crippen molar-refractivity contribution in [2.45, 2.75) is 37.8 Å². The molecule has 2 aromatic heterocycles. The molecule has 36 heavy (non-hydrogen) atoms. The summed E-state index contributed by atoms with van der Waals surface area (Å²) in [6.07, 6.45) is 6.41. The van der Waals surface area contributed by atoms with E-state index in [0.29, 0.717) is 17.3 Å². The predicted molar refractivity (Wildman–Crippen MR) is 140 cm³/mol. The number of nitrogens with two attached hydrogens (primary N) is 1. The molecule has 2 aromatic carbocycles. The molecule has 8 heteroatoms. The van der Waals surface area contributed by atoms with Crippen LogP contribution in [0.1, 0.15) is 31.7 Å². The smallest absolute Gasteiger partial charge is 0.164 e. The molecule has 0 amide bonds. The van der Waals surface area contributed by atoms with Crippen molar-refractivity contribution in [1.82, 2.24) is 30.0 Å². The second kappa shape index (κ2) is 8.57. The molecule has 4 heterocycles. The topological polar surface area (TPSA) is 94.1 Å². The number of likely N-dealkylation sites (tertiary alicyclic amines) is 1. The standard InChI is InChI=1S/C28H31N7O/c29-26-24-25(19-6-8-23(9-7-19)36-22-4-2-1-3-5-22)33-35(27(24)32-18-31-26)20-10-12-34(13-11-20)21-14-28(15-21)16-30-17-28/h1-9,18,20-21,30H,10-17H2,(H2,29,31,32). The van der Waals surface area contributed by atoms with E-state index in [1.807, 2.05) is 54.6 Å². The summed E-state index contributed by atoms with van der Waals surface area (Å²) in [5.41, 5.74) is 9.60. The molecule has 7 rings (SSSR count). The Labute approximate surface area is 210 Å². The van der Waals surface area contributed by atoms with Crippen molar-refractivity contribution in [2.24, 2.45) is 5.41 Å². The molecule has 3 N–H and O–H groups in total. The Hall–Kier alpha value is -3.49. The largest absolute Gasteiger partial charge is 0.457 e. The Balaban J connectivity index is 1.12. The fourth-order valence-electron chi connectivity index (χ4n) is 6.22. The van der Waals surface area contributed by atoms with E-state index in [1.165, 1.54) is 25.9 Å². The Morgan fingerprint density at radius 1 is 0.889 bits per heavy atom. The zero-order valence-corrected chi connectivity index (χ0v) is 20.3. The lowest BCUT2D eigenvalue weighted by Crippen LogP contribution is -2.65. The highest BCUT2D eigenvalue weighted by Gasteiger charge is 2.50. The summed E-state index contributed by atoms with van der Waals surface area (Å²) in [6.45, 7) is 4.65. The lowest BCUT2D eigenvalue weighted by Gasteiger charge is -2.58. The van der Waals surface area contributed by atoms with Gasteiger partial charge in [-0.15, -0.1) is 0 Å². The highest BCUT2D eigenvalue weighted by molar-refractivity contribution is 5.98. The number of nitrogens with one attached hydrogen (secondary N) is 1. The predicted octanol–water partition coefficient (Wildman–Crippen LogP) is 4.26. The number of fused-ring (bicyclic) bond motifs is 1. The van der Waals surface area contributed by atoms with Crippen LogP contribution in [-0.2, 0) is 0 Å². The van der Waals surface area contributed by atoms with Gasteiger partial charge in [0.15, 0.2) is 5.65 Å². The third-order valence-electron chi connectivity index (χ3n) is 8.32. The summed E-state index contributed by atoms with van der Waals surface area (Å²) in [5, 5.41) is 9.35. The quantitative estimate of drug-likeness (QED) is 0.440. The number of ether oxygens (including phenoxy) is 1. The van der Waals surface area contributed by atoms with E-state index in [-0.39, 0.29) is 0 Å². The van der Waals surface area contributed by atoms with Crippen LogP contribution >= 0.6 is 0 Å². The molecule has 4 aromatic rings. The summed E-state index contributed by atoms with van der Waals surface area (Å²) in [4.78, 5) is 11.6. The summed E-state index contributed by atoms with van der Waals surface area (Å²) in [7, 11) is 0. The van der Waals surface area contributed by atoms with Crippen molar-refractivity contribution in [2.75, 3.05) is 31.9 Å². The lowest BCUT2D eigenvalue weighted by molar-refractivity contribution is -0.0457. The molecule has 184 valence electrons. The average molecular weight is 482 g/mol. The number of nitrogen functional groups attached to an aromatic ring is 1. The molecule has 3 aliphatic rings. The van der Waals surface area contributed by atoms with Crippen LogP contribution < -0.4 is 15.8 Å². The third-order valence-corrected chi connectivity index (χ3v) is 8.32. The first kappa shape index (κ1) is 21.8. The van der Waals surface area contributed by atoms with Gasteiger partial charge in [-0.1, -0.05) is 18.2 Å². The molecule has 2 saturated heterocycles. The molecule has 0 radical (unpaired) electrons. The second-order valence-corrected chi connectivity index (χ2v) is 10.6. The average Bonchev–Trinajstić information content (AvgIpc) is 3.25. The molecule has 8 nitrogen and oxygen atoms in total. The highest BCUT2D eigenvalue weighted by Crippen LogP contribution is 2.47. The molecular weight excluding hydrogens is 450 g/mol. The Kier molecular flexibility index (Phi) is 5.18. The number of benzene rings is 2. The molecule has 1 spiro atoms. The highest BCUT2D eigenvalue weighted by atomic mass is 16.5. The number of nitrogens with zero attached hydrogens (tertiary/aromatic N) is 5. The summed E-state index contributed by atoms with van der Waals surface area (Å²) in [6, 6.07) is 18.8. The van der Waals surface area contributed by atoms with Gasteiger partial charge in [0.25, 0.3) is 0 Å². The van der Waals surface area contributed by atoms with Crippen molar-refractivity contribution < 1.29 is 4.74 Å². The molecule has 0 unspecified atom stereocenters. The summed E-state index contributed by atoms with van der Waals surface area (Å²) >= 11 is 0. The first-order valence-corrected chi connectivity index (χ1v) is 12.9. The maximum absolute atomic E-state index is 6.36. The van der Waals surface area contributed by atoms with Gasteiger partial charge in [-0.05, 0) is 67.5 Å². The number of piperidine rings is 1. The maximum atomic E-state index is 6.36. The van der Waals surface area contributed by atoms with Crippen LogP contribution in [0.5, 0.6) is 11.5 Å². The molecule has 2 aliphatic heterocycles. The molecule has 1 aliphatic carbocycles. The minimum Gasteiger partial charge on any atom is -0.457 e. The van der Waals surface area contributed by atoms with Crippen LogP contribution in [0, 0.1) is 5.41 Å². The van der Waals surface area contributed by atoms with Gasteiger partial charge in [-0.3, -0.25) is 0 Å².